The first-order valence-electron chi connectivity index (χ1n) is 29.6. The van der Waals surface area contributed by atoms with Crippen LogP contribution in [0.15, 0.2) is 60.8 Å². The molecule has 0 aromatic rings. The zero-order valence-corrected chi connectivity index (χ0v) is 46.0. The van der Waals surface area contributed by atoms with E-state index in [0.717, 1.165) is 109 Å². The summed E-state index contributed by atoms with van der Waals surface area (Å²) in [5.41, 5.74) is 0. The summed E-state index contributed by atoms with van der Waals surface area (Å²) in [4.78, 5) is 26.5. The van der Waals surface area contributed by atoms with Crippen LogP contribution in [-0.2, 0) is 23.8 Å². The summed E-state index contributed by atoms with van der Waals surface area (Å²) in [6.07, 6.45) is 49.7. The Morgan fingerprint density at radius 2 is 1.00 bits per heavy atom. The molecule has 72 heavy (non-hydrogen) atoms. The van der Waals surface area contributed by atoms with Crippen LogP contribution >= 0.6 is 0 Å². The van der Waals surface area contributed by atoms with Gasteiger partial charge in [-0.25, -0.2) is 0 Å². The molecule has 0 aromatic carbocycles. The fourth-order valence-electron chi connectivity index (χ4n) is 8.95. The number of unbranched alkanes of at least 4 members (excludes halogenated alkanes) is 27. The molecule has 0 spiro atoms. The Morgan fingerprint density at radius 3 is 1.51 bits per heavy atom. The van der Waals surface area contributed by atoms with Crippen LogP contribution in [0, 0.1) is 0 Å². The predicted molar refractivity (Wildman–Crippen MR) is 296 cm³/mol. The number of allylic oxidation sites excluding steroid dienone is 9. The van der Waals surface area contributed by atoms with Crippen LogP contribution in [0.2, 0.25) is 0 Å². The van der Waals surface area contributed by atoms with E-state index in [1.807, 2.05) is 6.08 Å². The van der Waals surface area contributed by atoms with Gasteiger partial charge < -0.3 is 45.1 Å². The minimum absolute atomic E-state index is 0.112. The molecule has 11 heteroatoms. The molecule has 8 atom stereocenters. The van der Waals surface area contributed by atoms with Crippen molar-refractivity contribution in [3.63, 3.8) is 0 Å². The molecule has 1 fully saturated rings. The Hall–Kier alpha value is -2.64. The van der Waals surface area contributed by atoms with Crippen molar-refractivity contribution in [1.29, 1.82) is 0 Å². The Labute approximate surface area is 439 Å². The first-order chi connectivity index (χ1) is 35.2. The van der Waals surface area contributed by atoms with Gasteiger partial charge in [-0.3, -0.25) is 9.59 Å². The maximum atomic E-state index is 13.4. The van der Waals surface area contributed by atoms with Gasteiger partial charge in [0.05, 0.1) is 25.4 Å². The number of amides is 1. The zero-order valence-electron chi connectivity index (χ0n) is 46.0. The monoisotopic (exact) mass is 1020 g/mol. The molecule has 0 radical (unpaired) electrons. The average molecular weight is 1020 g/mol. The molecule has 0 saturated carbocycles. The number of aliphatic hydroxyl groups excluding tert-OH is 5. The molecule has 1 rings (SSSR count). The number of ether oxygens (including phenoxy) is 3. The number of esters is 1. The summed E-state index contributed by atoms with van der Waals surface area (Å²) >= 11 is 0. The number of carbonyl (C=O) groups is 2. The molecule has 418 valence electrons. The fraction of sp³-hybridized carbons (Fsp3) is 0.803. The summed E-state index contributed by atoms with van der Waals surface area (Å²) in [6, 6.07) is -1.03. The van der Waals surface area contributed by atoms with Crippen molar-refractivity contribution in [1.82, 2.24) is 5.32 Å². The van der Waals surface area contributed by atoms with E-state index in [-0.39, 0.29) is 19.4 Å². The van der Waals surface area contributed by atoms with Crippen molar-refractivity contribution in [3.05, 3.63) is 60.8 Å². The molecule has 1 amide bonds. The molecule has 0 aliphatic carbocycles. The van der Waals surface area contributed by atoms with E-state index in [4.69, 9.17) is 14.2 Å². The lowest BCUT2D eigenvalue weighted by Gasteiger charge is -2.41. The van der Waals surface area contributed by atoms with Crippen LogP contribution < -0.4 is 5.32 Å². The van der Waals surface area contributed by atoms with Crippen LogP contribution in [0.5, 0.6) is 0 Å². The molecular formula is C61H109NO10. The van der Waals surface area contributed by atoms with E-state index >= 15 is 0 Å². The highest BCUT2D eigenvalue weighted by atomic mass is 16.7. The highest BCUT2D eigenvalue weighted by molar-refractivity contribution is 5.80. The molecule has 1 heterocycles. The van der Waals surface area contributed by atoms with Crippen molar-refractivity contribution in [2.24, 2.45) is 0 Å². The molecular weight excluding hydrogens is 907 g/mol. The zero-order chi connectivity index (χ0) is 52.5. The lowest BCUT2D eigenvalue weighted by molar-refractivity contribution is -0.305. The first kappa shape index (κ1) is 67.4. The van der Waals surface area contributed by atoms with E-state index in [1.54, 1.807) is 6.08 Å². The molecule has 1 aliphatic heterocycles. The number of aliphatic hydroxyl groups is 5. The largest absolute Gasteiger partial charge is 0.454 e. The first-order valence-corrected chi connectivity index (χ1v) is 29.6. The highest BCUT2D eigenvalue weighted by Gasteiger charge is 2.47. The van der Waals surface area contributed by atoms with Crippen molar-refractivity contribution in [2.45, 2.75) is 301 Å². The Balaban J connectivity index is 2.74. The molecule has 8 unspecified atom stereocenters. The minimum Gasteiger partial charge on any atom is -0.454 e. The number of hydrogen-bond donors (Lipinski definition) is 6. The number of hydrogen-bond acceptors (Lipinski definition) is 10. The van der Waals surface area contributed by atoms with E-state index in [1.165, 1.54) is 96.3 Å². The van der Waals surface area contributed by atoms with Gasteiger partial charge in [-0.05, 0) is 83.5 Å². The van der Waals surface area contributed by atoms with E-state index < -0.39 is 67.4 Å². The van der Waals surface area contributed by atoms with Gasteiger partial charge in [0.25, 0.3) is 0 Å². The minimum atomic E-state index is -1.62. The average Bonchev–Trinajstić information content (AvgIpc) is 3.38. The topological polar surface area (TPSA) is 175 Å². The second-order valence-electron chi connectivity index (χ2n) is 20.3. The Kier molecular flexibility index (Phi) is 46.1. The van der Waals surface area contributed by atoms with Crippen molar-refractivity contribution in [3.8, 4) is 0 Å². The van der Waals surface area contributed by atoms with Crippen molar-refractivity contribution < 1.29 is 49.3 Å². The second-order valence-corrected chi connectivity index (χ2v) is 20.3. The summed E-state index contributed by atoms with van der Waals surface area (Å²) in [6.45, 7) is 5.64. The molecule has 0 bridgehead atoms. The lowest BCUT2D eigenvalue weighted by atomic mass is 9.99. The number of rotatable bonds is 49. The van der Waals surface area contributed by atoms with E-state index in [9.17, 15) is 35.1 Å². The highest BCUT2D eigenvalue weighted by Crippen LogP contribution is 2.26. The summed E-state index contributed by atoms with van der Waals surface area (Å²) < 4.78 is 17.6. The number of carbonyl (C=O) groups excluding carboxylic acids is 2. The third-order valence-electron chi connectivity index (χ3n) is 13.7. The Morgan fingerprint density at radius 1 is 0.556 bits per heavy atom. The van der Waals surface area contributed by atoms with Crippen molar-refractivity contribution in [2.75, 3.05) is 13.2 Å². The lowest BCUT2D eigenvalue weighted by Crippen LogP contribution is -2.61. The Bertz CT molecular complexity index is 1400. The van der Waals surface area contributed by atoms with Gasteiger partial charge in [0.2, 0.25) is 5.91 Å². The second kappa shape index (κ2) is 49.2. The third kappa shape index (κ3) is 37.1. The van der Waals surface area contributed by atoms with Gasteiger partial charge in [-0.1, -0.05) is 223 Å². The van der Waals surface area contributed by atoms with Gasteiger partial charge in [-0.15, -0.1) is 0 Å². The summed E-state index contributed by atoms with van der Waals surface area (Å²) in [7, 11) is 0. The van der Waals surface area contributed by atoms with Crippen LogP contribution in [0.4, 0.5) is 0 Å². The maximum Gasteiger partial charge on any atom is 0.306 e. The van der Waals surface area contributed by atoms with Gasteiger partial charge in [-0.2, -0.15) is 0 Å². The normalized spacial score (nSPS) is 19.9. The summed E-state index contributed by atoms with van der Waals surface area (Å²) in [5.74, 6) is -1.21. The van der Waals surface area contributed by atoms with Crippen LogP contribution in [0.1, 0.15) is 252 Å². The van der Waals surface area contributed by atoms with Crippen LogP contribution in [0.25, 0.3) is 0 Å². The maximum absolute atomic E-state index is 13.4. The SMILES string of the molecule is CC/C=C/C/C=C/CCCCCCCCCC(=O)OC1C(OCC(NC(=O)C(O)CCCCCCCC/C=C\C/C=C\CCCCC)C(O)/C=C/CCCCCCCCCCCCC)OC(CO)C(O)C1O. The van der Waals surface area contributed by atoms with Gasteiger partial charge in [0.15, 0.2) is 12.4 Å². The fourth-order valence-corrected chi connectivity index (χ4v) is 8.95. The van der Waals surface area contributed by atoms with Gasteiger partial charge in [0.1, 0.15) is 24.4 Å². The molecule has 1 saturated heterocycles. The molecule has 1 aliphatic rings. The number of nitrogens with one attached hydrogen (secondary N) is 1. The van der Waals surface area contributed by atoms with Crippen LogP contribution in [0.3, 0.4) is 0 Å². The molecule has 0 aromatic heterocycles. The summed E-state index contributed by atoms with van der Waals surface area (Å²) in [5, 5.41) is 56.9. The quantitative estimate of drug-likeness (QED) is 0.0195. The van der Waals surface area contributed by atoms with Crippen molar-refractivity contribution >= 4 is 11.9 Å². The molecule has 11 nitrogen and oxygen atoms in total. The van der Waals surface area contributed by atoms with Gasteiger partial charge >= 0.3 is 5.97 Å². The van der Waals surface area contributed by atoms with E-state index in [2.05, 4.69) is 74.7 Å². The molecule has 6 N–H and O–H groups in total. The predicted octanol–water partition coefficient (Wildman–Crippen LogP) is 13.4. The van der Waals surface area contributed by atoms with E-state index in [0.29, 0.717) is 12.8 Å². The van der Waals surface area contributed by atoms with Crippen LogP contribution in [-0.4, -0.2) is 99.6 Å². The smallest absolute Gasteiger partial charge is 0.306 e. The third-order valence-corrected chi connectivity index (χ3v) is 13.7. The standard InChI is InChI=1S/C61H109NO10/c1-4-7-10-13-16-19-22-25-27-28-30-33-36-39-42-45-48-54(65)60(69)62-52(53(64)47-44-41-38-35-32-29-24-21-18-15-12-9-6-3)51-70-61-59(58(68)57(67)55(50-63)71-61)72-56(66)49-46-43-40-37-34-31-26-23-20-17-14-11-8-5-2/h8,11,16-17,19-20,25,27,44,47,52-55,57-59,61,63-65,67-68H,4-7,9-10,12-15,18,21-24,26,28-43,45-46,48-51H2,1-3H3,(H,62,69)/b11-8+,19-16-,20-17+,27-25-,47-44+. The van der Waals surface area contributed by atoms with Gasteiger partial charge in [0, 0.05) is 6.42 Å².